The molecule has 1 rings (SSSR count). The molecule has 0 aliphatic heterocycles. The van der Waals surface area contributed by atoms with Gasteiger partial charge in [-0.3, -0.25) is 0 Å². The molecule has 0 aliphatic rings. The van der Waals surface area contributed by atoms with Crippen LogP contribution in [0.25, 0.3) is 0 Å². The van der Waals surface area contributed by atoms with Gasteiger partial charge in [0.25, 0.3) is 0 Å². The van der Waals surface area contributed by atoms with E-state index in [4.69, 9.17) is 5.73 Å². The normalized spacial score (nSPS) is 11.6. The molecular weight excluding hydrogens is 217 g/mol. The number of anilines is 1. The number of aryl methyl sites for hydroxylation is 1. The third kappa shape index (κ3) is 2.88. The molecule has 0 unspecified atom stereocenters. The van der Waals surface area contributed by atoms with Crippen molar-refractivity contribution in [1.82, 2.24) is 0 Å². The van der Waals surface area contributed by atoms with Crippen molar-refractivity contribution in [2.75, 3.05) is 18.1 Å². The van der Waals surface area contributed by atoms with E-state index in [-0.39, 0.29) is 6.67 Å². The van der Waals surface area contributed by atoms with Gasteiger partial charge in [0, 0.05) is 12.2 Å². The Morgan fingerprint density at radius 1 is 1.25 bits per heavy atom. The molecule has 2 nitrogen and oxygen atoms in total. The number of halogens is 3. The number of nitrogens with zero attached hydrogens (tertiary/aromatic N) is 1. The highest BCUT2D eigenvalue weighted by molar-refractivity contribution is 5.51. The Labute approximate surface area is 92.9 Å². The third-order valence-electron chi connectivity index (χ3n) is 2.36. The molecule has 0 aliphatic carbocycles. The molecule has 1 aromatic carbocycles. The second-order valence-corrected chi connectivity index (χ2v) is 3.59. The van der Waals surface area contributed by atoms with Gasteiger partial charge in [0.15, 0.2) is 0 Å². The topological polar surface area (TPSA) is 29.3 Å². The summed E-state index contributed by atoms with van der Waals surface area (Å²) in [7, 11) is 0. The van der Waals surface area contributed by atoms with Crippen LogP contribution in [0.2, 0.25) is 0 Å². The van der Waals surface area contributed by atoms with Crippen molar-refractivity contribution in [2.24, 2.45) is 5.73 Å². The standard InChI is InChI=1S/C11H15F3N2/c1-3-16(7-15)10-5-8(2)4-9(6-10)11(12,13)14/h4-6H,3,7,15H2,1-2H3. The van der Waals surface area contributed by atoms with E-state index >= 15 is 0 Å². The van der Waals surface area contributed by atoms with Gasteiger partial charge in [-0.05, 0) is 37.6 Å². The molecule has 0 saturated heterocycles. The fourth-order valence-electron chi connectivity index (χ4n) is 1.53. The summed E-state index contributed by atoms with van der Waals surface area (Å²) in [5, 5.41) is 0. The number of nitrogens with two attached hydrogens (primary N) is 1. The van der Waals surface area contributed by atoms with Gasteiger partial charge in [0.2, 0.25) is 0 Å². The molecule has 0 spiro atoms. The van der Waals surface area contributed by atoms with Crippen molar-refractivity contribution in [3.05, 3.63) is 29.3 Å². The molecule has 0 heterocycles. The molecule has 0 fully saturated rings. The second-order valence-electron chi connectivity index (χ2n) is 3.59. The lowest BCUT2D eigenvalue weighted by atomic mass is 10.1. The fourth-order valence-corrected chi connectivity index (χ4v) is 1.53. The summed E-state index contributed by atoms with van der Waals surface area (Å²) in [5.41, 5.74) is 5.93. The smallest absolute Gasteiger partial charge is 0.359 e. The van der Waals surface area contributed by atoms with Gasteiger partial charge in [-0.1, -0.05) is 0 Å². The third-order valence-corrected chi connectivity index (χ3v) is 2.36. The van der Waals surface area contributed by atoms with Crippen molar-refractivity contribution in [3.8, 4) is 0 Å². The van der Waals surface area contributed by atoms with E-state index in [1.807, 2.05) is 6.92 Å². The molecular formula is C11H15F3N2. The molecule has 1 aromatic rings. The SMILES string of the molecule is CCN(CN)c1cc(C)cc(C(F)(F)F)c1. The molecule has 0 amide bonds. The second kappa shape index (κ2) is 4.74. The summed E-state index contributed by atoms with van der Waals surface area (Å²) >= 11 is 0. The van der Waals surface area contributed by atoms with Crippen LogP contribution >= 0.6 is 0 Å². The van der Waals surface area contributed by atoms with Crippen molar-refractivity contribution >= 4 is 5.69 Å². The van der Waals surface area contributed by atoms with Crippen LogP contribution in [-0.4, -0.2) is 13.2 Å². The van der Waals surface area contributed by atoms with Gasteiger partial charge in [0.1, 0.15) is 0 Å². The van der Waals surface area contributed by atoms with Crippen LogP contribution in [0.5, 0.6) is 0 Å². The Morgan fingerprint density at radius 3 is 2.31 bits per heavy atom. The summed E-state index contributed by atoms with van der Waals surface area (Å²) in [6.45, 7) is 4.28. The summed E-state index contributed by atoms with van der Waals surface area (Å²) in [5.74, 6) is 0. The minimum absolute atomic E-state index is 0.206. The van der Waals surface area contributed by atoms with E-state index in [2.05, 4.69) is 0 Å². The van der Waals surface area contributed by atoms with Crippen LogP contribution in [0.4, 0.5) is 18.9 Å². The van der Waals surface area contributed by atoms with E-state index in [1.54, 1.807) is 17.9 Å². The highest BCUT2D eigenvalue weighted by Crippen LogP contribution is 2.32. The predicted molar refractivity (Wildman–Crippen MR) is 58.3 cm³/mol. The fraction of sp³-hybridized carbons (Fsp3) is 0.455. The highest BCUT2D eigenvalue weighted by Gasteiger charge is 2.31. The first-order chi connectivity index (χ1) is 7.38. The first-order valence-corrected chi connectivity index (χ1v) is 5.02. The summed E-state index contributed by atoms with van der Waals surface area (Å²) < 4.78 is 37.7. The quantitative estimate of drug-likeness (QED) is 0.812. The summed E-state index contributed by atoms with van der Waals surface area (Å²) in [4.78, 5) is 1.68. The Bertz CT molecular complexity index is 357. The Hall–Kier alpha value is -1.23. The molecule has 0 atom stereocenters. The lowest BCUT2D eigenvalue weighted by Gasteiger charge is -2.22. The molecule has 5 heteroatoms. The predicted octanol–water partition coefficient (Wildman–Crippen LogP) is 2.76. The molecule has 0 aromatic heterocycles. The Balaban J connectivity index is 3.17. The van der Waals surface area contributed by atoms with Crippen LogP contribution in [0.3, 0.4) is 0 Å². The van der Waals surface area contributed by atoms with E-state index in [9.17, 15) is 13.2 Å². The van der Waals surface area contributed by atoms with E-state index < -0.39 is 11.7 Å². The molecule has 2 N–H and O–H groups in total. The minimum atomic E-state index is -4.31. The zero-order valence-corrected chi connectivity index (χ0v) is 9.30. The van der Waals surface area contributed by atoms with Crippen molar-refractivity contribution in [2.45, 2.75) is 20.0 Å². The highest BCUT2D eigenvalue weighted by atomic mass is 19.4. The Kier molecular flexibility index (Phi) is 3.80. The van der Waals surface area contributed by atoms with E-state index in [1.165, 1.54) is 0 Å². The van der Waals surface area contributed by atoms with Gasteiger partial charge in [-0.25, -0.2) is 0 Å². The van der Waals surface area contributed by atoms with Crippen molar-refractivity contribution < 1.29 is 13.2 Å². The van der Waals surface area contributed by atoms with Gasteiger partial charge in [0.05, 0.1) is 12.2 Å². The zero-order chi connectivity index (χ0) is 12.3. The first-order valence-electron chi connectivity index (χ1n) is 5.02. The van der Waals surface area contributed by atoms with Crippen molar-refractivity contribution in [3.63, 3.8) is 0 Å². The minimum Gasteiger partial charge on any atom is -0.359 e. The van der Waals surface area contributed by atoms with Crippen LogP contribution < -0.4 is 10.6 Å². The van der Waals surface area contributed by atoms with Crippen LogP contribution in [0, 0.1) is 6.92 Å². The average Bonchev–Trinajstić information content (AvgIpc) is 2.17. The van der Waals surface area contributed by atoms with Crippen LogP contribution in [0.1, 0.15) is 18.1 Å². The number of alkyl halides is 3. The van der Waals surface area contributed by atoms with Gasteiger partial charge < -0.3 is 10.6 Å². The van der Waals surface area contributed by atoms with Gasteiger partial charge in [-0.15, -0.1) is 0 Å². The lowest BCUT2D eigenvalue weighted by Crippen LogP contribution is -2.29. The average molecular weight is 232 g/mol. The first kappa shape index (κ1) is 12.8. The lowest BCUT2D eigenvalue weighted by molar-refractivity contribution is -0.137. The number of hydrogen-bond donors (Lipinski definition) is 1. The molecule has 0 bridgehead atoms. The molecule has 0 saturated carbocycles. The summed E-state index contributed by atoms with van der Waals surface area (Å²) in [6, 6.07) is 3.96. The number of rotatable bonds is 3. The molecule has 16 heavy (non-hydrogen) atoms. The zero-order valence-electron chi connectivity index (χ0n) is 9.30. The van der Waals surface area contributed by atoms with E-state index in [0.717, 1.165) is 12.1 Å². The van der Waals surface area contributed by atoms with Gasteiger partial charge >= 0.3 is 6.18 Å². The molecule has 90 valence electrons. The Morgan fingerprint density at radius 2 is 1.88 bits per heavy atom. The number of benzene rings is 1. The maximum Gasteiger partial charge on any atom is 0.416 e. The monoisotopic (exact) mass is 232 g/mol. The largest absolute Gasteiger partial charge is 0.416 e. The van der Waals surface area contributed by atoms with Crippen LogP contribution in [-0.2, 0) is 6.18 Å². The number of hydrogen-bond acceptors (Lipinski definition) is 2. The van der Waals surface area contributed by atoms with Crippen LogP contribution in [0.15, 0.2) is 18.2 Å². The summed E-state index contributed by atoms with van der Waals surface area (Å²) in [6.07, 6.45) is -4.31. The maximum absolute atomic E-state index is 12.6. The maximum atomic E-state index is 12.6. The van der Waals surface area contributed by atoms with Crippen molar-refractivity contribution in [1.29, 1.82) is 0 Å². The van der Waals surface area contributed by atoms with Gasteiger partial charge in [-0.2, -0.15) is 13.2 Å². The molecule has 0 radical (unpaired) electrons. The van der Waals surface area contributed by atoms with E-state index in [0.29, 0.717) is 17.8 Å².